The smallest absolute Gasteiger partial charge is 0.181 e. The molecule has 0 spiro atoms. The summed E-state index contributed by atoms with van der Waals surface area (Å²) in [6, 6.07) is 1.35. The molecule has 0 amide bonds. The highest BCUT2D eigenvalue weighted by atomic mass is 19.1. The molecule has 3 heteroatoms. The van der Waals surface area contributed by atoms with Crippen molar-refractivity contribution < 1.29 is 9.18 Å². The SMILES string of the molecule is CCc1cnc(C(C)=O)c(F)c1. The predicted octanol–water partition coefficient (Wildman–Crippen LogP) is 1.99. The summed E-state index contributed by atoms with van der Waals surface area (Å²) < 4.78 is 13.0. The van der Waals surface area contributed by atoms with Crippen molar-refractivity contribution in [1.82, 2.24) is 4.98 Å². The van der Waals surface area contributed by atoms with E-state index in [0.717, 1.165) is 12.0 Å². The number of pyridine rings is 1. The minimum Gasteiger partial charge on any atom is -0.293 e. The molecule has 12 heavy (non-hydrogen) atoms. The summed E-state index contributed by atoms with van der Waals surface area (Å²) >= 11 is 0. The molecule has 0 radical (unpaired) electrons. The molecule has 0 fully saturated rings. The van der Waals surface area contributed by atoms with E-state index >= 15 is 0 Å². The summed E-state index contributed by atoms with van der Waals surface area (Å²) in [5.41, 5.74) is 0.727. The van der Waals surface area contributed by atoms with Crippen LogP contribution in [0.4, 0.5) is 4.39 Å². The van der Waals surface area contributed by atoms with E-state index in [-0.39, 0.29) is 11.5 Å². The molecule has 1 heterocycles. The molecule has 0 aliphatic rings. The number of hydrogen-bond acceptors (Lipinski definition) is 2. The lowest BCUT2D eigenvalue weighted by atomic mass is 10.2. The van der Waals surface area contributed by atoms with E-state index in [2.05, 4.69) is 4.98 Å². The molecule has 0 N–H and O–H groups in total. The second-order valence-electron chi connectivity index (χ2n) is 2.58. The normalized spacial score (nSPS) is 9.92. The van der Waals surface area contributed by atoms with E-state index in [0.29, 0.717) is 0 Å². The fourth-order valence-electron chi connectivity index (χ4n) is 0.930. The molecule has 0 atom stereocenters. The monoisotopic (exact) mass is 167 g/mol. The van der Waals surface area contributed by atoms with Crippen molar-refractivity contribution in [2.24, 2.45) is 0 Å². The van der Waals surface area contributed by atoms with Crippen LogP contribution in [0, 0.1) is 5.82 Å². The molecule has 1 aromatic rings. The van der Waals surface area contributed by atoms with Crippen molar-refractivity contribution in [3.05, 3.63) is 29.3 Å². The Hall–Kier alpha value is -1.25. The van der Waals surface area contributed by atoms with Gasteiger partial charge in [0.05, 0.1) is 0 Å². The van der Waals surface area contributed by atoms with Gasteiger partial charge in [-0.3, -0.25) is 4.79 Å². The Kier molecular flexibility index (Phi) is 2.53. The highest BCUT2D eigenvalue weighted by Crippen LogP contribution is 2.07. The molecule has 0 saturated carbocycles. The van der Waals surface area contributed by atoms with Gasteiger partial charge < -0.3 is 0 Å². The fraction of sp³-hybridized carbons (Fsp3) is 0.333. The van der Waals surface area contributed by atoms with Gasteiger partial charge in [0.1, 0.15) is 5.69 Å². The van der Waals surface area contributed by atoms with Crippen LogP contribution in [0.1, 0.15) is 29.9 Å². The van der Waals surface area contributed by atoms with E-state index in [1.165, 1.54) is 19.2 Å². The van der Waals surface area contributed by atoms with E-state index in [1.54, 1.807) is 0 Å². The van der Waals surface area contributed by atoms with Crippen LogP contribution in [0.2, 0.25) is 0 Å². The first-order valence-electron chi connectivity index (χ1n) is 3.80. The standard InChI is InChI=1S/C9H10FNO/c1-3-7-4-8(10)9(6(2)12)11-5-7/h4-5H,3H2,1-2H3. The Morgan fingerprint density at radius 2 is 2.33 bits per heavy atom. The zero-order valence-corrected chi connectivity index (χ0v) is 7.10. The Balaban J connectivity index is 3.12. The van der Waals surface area contributed by atoms with Gasteiger partial charge >= 0.3 is 0 Å². The lowest BCUT2D eigenvalue weighted by Crippen LogP contribution is -2.01. The van der Waals surface area contributed by atoms with Gasteiger partial charge in [0, 0.05) is 13.1 Å². The predicted molar refractivity (Wildman–Crippen MR) is 43.6 cm³/mol. The summed E-state index contributed by atoms with van der Waals surface area (Å²) in [5, 5.41) is 0. The summed E-state index contributed by atoms with van der Waals surface area (Å²) in [6.45, 7) is 3.21. The first kappa shape index (κ1) is 8.84. The molecule has 2 nitrogen and oxygen atoms in total. The van der Waals surface area contributed by atoms with Crippen molar-refractivity contribution in [2.45, 2.75) is 20.3 Å². The summed E-state index contributed by atoms with van der Waals surface area (Å²) in [6.07, 6.45) is 2.25. The number of carbonyl (C=O) groups is 1. The largest absolute Gasteiger partial charge is 0.293 e. The number of rotatable bonds is 2. The van der Waals surface area contributed by atoms with Gasteiger partial charge in [-0.25, -0.2) is 9.37 Å². The lowest BCUT2D eigenvalue weighted by Gasteiger charge is -1.99. The van der Waals surface area contributed by atoms with Crippen LogP contribution in [0.15, 0.2) is 12.3 Å². The van der Waals surface area contributed by atoms with Crippen molar-refractivity contribution in [1.29, 1.82) is 0 Å². The quantitative estimate of drug-likeness (QED) is 0.630. The molecular formula is C9H10FNO. The molecule has 0 aliphatic heterocycles. The highest BCUT2D eigenvalue weighted by molar-refractivity contribution is 5.92. The Morgan fingerprint density at radius 3 is 2.75 bits per heavy atom. The van der Waals surface area contributed by atoms with Gasteiger partial charge in [-0.15, -0.1) is 0 Å². The molecule has 0 aliphatic carbocycles. The van der Waals surface area contributed by atoms with Crippen molar-refractivity contribution in [3.63, 3.8) is 0 Å². The maximum Gasteiger partial charge on any atom is 0.181 e. The van der Waals surface area contributed by atoms with E-state index in [1.807, 2.05) is 6.92 Å². The molecule has 1 rings (SSSR count). The number of ketones is 1. The minimum atomic E-state index is -0.526. The molecule has 0 aromatic carbocycles. The van der Waals surface area contributed by atoms with Crippen LogP contribution in [0.3, 0.4) is 0 Å². The van der Waals surface area contributed by atoms with Crippen LogP contribution in [-0.4, -0.2) is 10.8 Å². The van der Waals surface area contributed by atoms with E-state index in [4.69, 9.17) is 0 Å². The van der Waals surface area contributed by atoms with Gasteiger partial charge in [0.2, 0.25) is 0 Å². The number of carbonyl (C=O) groups excluding carboxylic acids is 1. The van der Waals surface area contributed by atoms with Crippen LogP contribution in [0.25, 0.3) is 0 Å². The lowest BCUT2D eigenvalue weighted by molar-refractivity contribution is 0.100. The molecule has 0 unspecified atom stereocenters. The summed E-state index contributed by atoms with van der Waals surface area (Å²) in [4.78, 5) is 14.5. The number of hydrogen-bond donors (Lipinski definition) is 0. The minimum absolute atomic E-state index is 0.0767. The Labute approximate surface area is 70.4 Å². The van der Waals surface area contributed by atoms with Gasteiger partial charge in [-0.05, 0) is 18.1 Å². The number of aromatic nitrogens is 1. The molecule has 1 aromatic heterocycles. The maximum atomic E-state index is 13.0. The van der Waals surface area contributed by atoms with E-state index in [9.17, 15) is 9.18 Å². The average molecular weight is 167 g/mol. The van der Waals surface area contributed by atoms with Crippen LogP contribution in [-0.2, 0) is 6.42 Å². The maximum absolute atomic E-state index is 13.0. The topological polar surface area (TPSA) is 30.0 Å². The molecule has 0 saturated heterocycles. The molecular weight excluding hydrogens is 157 g/mol. The third-order valence-corrected chi connectivity index (χ3v) is 1.64. The second kappa shape index (κ2) is 3.43. The number of nitrogens with zero attached hydrogens (tertiary/aromatic N) is 1. The number of Topliss-reactive ketones (excluding diaryl/α,β-unsaturated/α-hetero) is 1. The van der Waals surface area contributed by atoms with Gasteiger partial charge in [0.25, 0.3) is 0 Å². The third kappa shape index (κ3) is 1.67. The van der Waals surface area contributed by atoms with Gasteiger partial charge in [-0.1, -0.05) is 6.92 Å². The van der Waals surface area contributed by atoms with Crippen molar-refractivity contribution in [2.75, 3.05) is 0 Å². The first-order chi connectivity index (χ1) is 5.65. The zero-order valence-electron chi connectivity index (χ0n) is 7.10. The number of halogens is 1. The average Bonchev–Trinajstić information content (AvgIpc) is 2.03. The van der Waals surface area contributed by atoms with Gasteiger partial charge in [0.15, 0.2) is 11.6 Å². The third-order valence-electron chi connectivity index (χ3n) is 1.64. The van der Waals surface area contributed by atoms with Crippen molar-refractivity contribution >= 4 is 5.78 Å². The van der Waals surface area contributed by atoms with Crippen LogP contribution >= 0.6 is 0 Å². The first-order valence-corrected chi connectivity index (χ1v) is 3.80. The van der Waals surface area contributed by atoms with Crippen LogP contribution < -0.4 is 0 Å². The van der Waals surface area contributed by atoms with Gasteiger partial charge in [-0.2, -0.15) is 0 Å². The summed E-state index contributed by atoms with van der Waals surface area (Å²) in [7, 11) is 0. The zero-order chi connectivity index (χ0) is 9.14. The summed E-state index contributed by atoms with van der Waals surface area (Å²) in [5.74, 6) is -0.864. The second-order valence-corrected chi connectivity index (χ2v) is 2.58. The fourth-order valence-corrected chi connectivity index (χ4v) is 0.930. The molecule has 0 bridgehead atoms. The highest BCUT2D eigenvalue weighted by Gasteiger charge is 2.08. The molecule has 64 valence electrons. The van der Waals surface area contributed by atoms with Crippen molar-refractivity contribution in [3.8, 4) is 0 Å². The van der Waals surface area contributed by atoms with Crippen LogP contribution in [0.5, 0.6) is 0 Å². The Bertz CT molecular complexity index is 309. The number of aryl methyl sites for hydroxylation is 1. The van der Waals surface area contributed by atoms with E-state index < -0.39 is 5.82 Å². The Morgan fingerprint density at radius 1 is 1.67 bits per heavy atom.